The van der Waals surface area contributed by atoms with Crippen LogP contribution in [0.15, 0.2) is 12.4 Å². The topological polar surface area (TPSA) is 29.9 Å². The molecular weight excluding hydrogens is 174 g/mol. The molecule has 1 saturated heterocycles. The average molecular weight is 193 g/mol. The molecular formula is C11H19N3. The molecule has 1 aliphatic rings. The van der Waals surface area contributed by atoms with Gasteiger partial charge in [0.05, 0.1) is 6.20 Å². The smallest absolute Gasteiger partial charge is 0.0521 e. The van der Waals surface area contributed by atoms with Gasteiger partial charge in [-0.3, -0.25) is 4.68 Å². The van der Waals surface area contributed by atoms with Crippen LogP contribution in [0, 0.1) is 5.92 Å². The van der Waals surface area contributed by atoms with Gasteiger partial charge in [0.1, 0.15) is 0 Å². The van der Waals surface area contributed by atoms with Crippen molar-refractivity contribution in [1.82, 2.24) is 15.1 Å². The largest absolute Gasteiger partial charge is 0.317 e. The molecule has 0 atom stereocenters. The van der Waals surface area contributed by atoms with Crippen LogP contribution in [0.25, 0.3) is 0 Å². The minimum atomic E-state index is 0.866. The maximum absolute atomic E-state index is 4.30. The molecule has 0 aliphatic carbocycles. The highest BCUT2D eigenvalue weighted by atomic mass is 15.3. The van der Waals surface area contributed by atoms with Crippen LogP contribution in [0.2, 0.25) is 0 Å². The van der Waals surface area contributed by atoms with Crippen LogP contribution < -0.4 is 5.32 Å². The van der Waals surface area contributed by atoms with Crippen LogP contribution >= 0.6 is 0 Å². The summed E-state index contributed by atoms with van der Waals surface area (Å²) in [7, 11) is 0. The molecule has 0 spiro atoms. The molecule has 2 heterocycles. The number of hydrogen-bond donors (Lipinski definition) is 1. The lowest BCUT2D eigenvalue weighted by molar-refractivity contribution is 0.372. The lowest BCUT2D eigenvalue weighted by Gasteiger charge is -2.21. The zero-order valence-electron chi connectivity index (χ0n) is 8.87. The van der Waals surface area contributed by atoms with Crippen molar-refractivity contribution in [3.63, 3.8) is 0 Å². The first-order chi connectivity index (χ1) is 6.88. The highest BCUT2D eigenvalue weighted by molar-refractivity contribution is 5.05. The van der Waals surface area contributed by atoms with Crippen molar-refractivity contribution in [3.8, 4) is 0 Å². The minimum Gasteiger partial charge on any atom is -0.317 e. The van der Waals surface area contributed by atoms with Gasteiger partial charge >= 0.3 is 0 Å². The predicted molar refractivity (Wildman–Crippen MR) is 57.2 cm³/mol. The van der Waals surface area contributed by atoms with Crippen LogP contribution in [0.4, 0.5) is 0 Å². The Labute approximate surface area is 85.5 Å². The van der Waals surface area contributed by atoms with Gasteiger partial charge < -0.3 is 5.32 Å². The molecule has 1 aromatic heterocycles. The molecule has 3 heteroatoms. The fourth-order valence-electron chi connectivity index (χ4n) is 2.10. The molecule has 2 rings (SSSR count). The highest BCUT2D eigenvalue weighted by Gasteiger charge is 2.13. The number of aromatic nitrogens is 2. The minimum absolute atomic E-state index is 0.866. The van der Waals surface area contributed by atoms with Gasteiger partial charge in [-0.25, -0.2) is 0 Å². The lowest BCUT2D eigenvalue weighted by atomic mass is 9.92. The zero-order valence-corrected chi connectivity index (χ0v) is 8.87. The molecule has 1 aliphatic heterocycles. The second-order valence-corrected chi connectivity index (χ2v) is 4.10. The third-order valence-corrected chi connectivity index (χ3v) is 2.99. The third-order valence-electron chi connectivity index (χ3n) is 2.99. The first kappa shape index (κ1) is 9.71. The number of nitrogens with zero attached hydrogens (tertiary/aromatic N) is 2. The van der Waals surface area contributed by atoms with E-state index in [-0.39, 0.29) is 0 Å². The monoisotopic (exact) mass is 193 g/mol. The summed E-state index contributed by atoms with van der Waals surface area (Å²) in [5.41, 5.74) is 1.40. The summed E-state index contributed by atoms with van der Waals surface area (Å²) in [6.45, 7) is 5.48. The Morgan fingerprint density at radius 1 is 1.50 bits per heavy atom. The van der Waals surface area contributed by atoms with Gasteiger partial charge in [0, 0.05) is 12.7 Å². The van der Waals surface area contributed by atoms with E-state index in [0.717, 1.165) is 12.5 Å². The van der Waals surface area contributed by atoms with Gasteiger partial charge in [-0.1, -0.05) is 0 Å². The molecule has 0 aromatic carbocycles. The van der Waals surface area contributed by atoms with Gasteiger partial charge in [-0.05, 0) is 50.8 Å². The van der Waals surface area contributed by atoms with Crippen LogP contribution in [-0.2, 0) is 13.0 Å². The van der Waals surface area contributed by atoms with E-state index in [9.17, 15) is 0 Å². The second-order valence-electron chi connectivity index (χ2n) is 4.10. The molecule has 0 radical (unpaired) electrons. The first-order valence-corrected chi connectivity index (χ1v) is 5.60. The lowest BCUT2D eigenvalue weighted by Crippen LogP contribution is -2.28. The number of rotatable bonds is 3. The van der Waals surface area contributed by atoms with E-state index in [4.69, 9.17) is 0 Å². The number of aryl methyl sites for hydroxylation is 1. The summed E-state index contributed by atoms with van der Waals surface area (Å²) in [5.74, 6) is 0.866. The normalized spacial score (nSPS) is 18.6. The van der Waals surface area contributed by atoms with Crippen molar-refractivity contribution < 1.29 is 0 Å². The van der Waals surface area contributed by atoms with Crippen molar-refractivity contribution in [2.75, 3.05) is 13.1 Å². The SMILES string of the molecule is CCn1cc(CC2CCNCC2)cn1. The van der Waals surface area contributed by atoms with Crippen molar-refractivity contribution in [2.45, 2.75) is 32.7 Å². The average Bonchev–Trinajstić information content (AvgIpc) is 2.67. The highest BCUT2D eigenvalue weighted by Crippen LogP contribution is 2.17. The van der Waals surface area contributed by atoms with Crippen molar-refractivity contribution in [1.29, 1.82) is 0 Å². The van der Waals surface area contributed by atoms with E-state index in [1.165, 1.54) is 37.9 Å². The first-order valence-electron chi connectivity index (χ1n) is 5.60. The molecule has 78 valence electrons. The van der Waals surface area contributed by atoms with Gasteiger partial charge in [0.15, 0.2) is 0 Å². The van der Waals surface area contributed by atoms with E-state index in [1.54, 1.807) is 0 Å². The standard InChI is InChI=1S/C11H19N3/c1-2-14-9-11(8-13-14)7-10-3-5-12-6-4-10/h8-10,12H,2-7H2,1H3. The summed E-state index contributed by atoms with van der Waals surface area (Å²) in [6, 6.07) is 0. The molecule has 0 unspecified atom stereocenters. The molecule has 0 amide bonds. The van der Waals surface area contributed by atoms with E-state index in [1.807, 2.05) is 10.9 Å². The number of nitrogens with one attached hydrogen (secondary N) is 1. The molecule has 1 fully saturated rings. The quantitative estimate of drug-likeness (QED) is 0.787. The molecule has 1 N–H and O–H groups in total. The van der Waals surface area contributed by atoms with Crippen LogP contribution in [0.3, 0.4) is 0 Å². The van der Waals surface area contributed by atoms with Gasteiger partial charge in [-0.15, -0.1) is 0 Å². The van der Waals surface area contributed by atoms with Crippen LogP contribution in [0.5, 0.6) is 0 Å². The molecule has 0 bridgehead atoms. The zero-order chi connectivity index (χ0) is 9.80. The molecule has 3 nitrogen and oxygen atoms in total. The van der Waals surface area contributed by atoms with E-state index < -0.39 is 0 Å². The van der Waals surface area contributed by atoms with Crippen LogP contribution in [-0.4, -0.2) is 22.9 Å². The Morgan fingerprint density at radius 3 is 2.93 bits per heavy atom. The van der Waals surface area contributed by atoms with E-state index in [2.05, 4.69) is 23.5 Å². The van der Waals surface area contributed by atoms with Gasteiger partial charge in [-0.2, -0.15) is 5.10 Å². The molecule has 0 saturated carbocycles. The number of hydrogen-bond acceptors (Lipinski definition) is 2. The Balaban J connectivity index is 1.89. The third kappa shape index (κ3) is 2.35. The maximum atomic E-state index is 4.30. The maximum Gasteiger partial charge on any atom is 0.0521 e. The van der Waals surface area contributed by atoms with E-state index in [0.29, 0.717) is 0 Å². The van der Waals surface area contributed by atoms with Crippen molar-refractivity contribution >= 4 is 0 Å². The molecule has 14 heavy (non-hydrogen) atoms. The summed E-state index contributed by atoms with van der Waals surface area (Å²) in [4.78, 5) is 0. The van der Waals surface area contributed by atoms with Gasteiger partial charge in [0.2, 0.25) is 0 Å². The Hall–Kier alpha value is -0.830. The Morgan fingerprint density at radius 2 is 2.29 bits per heavy atom. The van der Waals surface area contributed by atoms with Crippen LogP contribution in [0.1, 0.15) is 25.3 Å². The Kier molecular flexibility index (Phi) is 3.19. The summed E-state index contributed by atoms with van der Waals surface area (Å²) < 4.78 is 2.01. The van der Waals surface area contributed by atoms with Crippen molar-refractivity contribution in [2.24, 2.45) is 5.92 Å². The molecule has 1 aromatic rings. The van der Waals surface area contributed by atoms with Gasteiger partial charge in [0.25, 0.3) is 0 Å². The van der Waals surface area contributed by atoms with Crippen molar-refractivity contribution in [3.05, 3.63) is 18.0 Å². The summed E-state index contributed by atoms with van der Waals surface area (Å²) >= 11 is 0. The fourth-order valence-corrected chi connectivity index (χ4v) is 2.10. The fraction of sp³-hybridized carbons (Fsp3) is 0.727. The summed E-state index contributed by atoms with van der Waals surface area (Å²) in [5, 5.41) is 7.70. The second kappa shape index (κ2) is 4.60. The summed E-state index contributed by atoms with van der Waals surface area (Å²) in [6.07, 6.45) is 8.05. The predicted octanol–water partition coefficient (Wildman–Crippen LogP) is 1.45. The number of piperidine rings is 1. The Bertz CT molecular complexity index is 274. The van der Waals surface area contributed by atoms with E-state index >= 15 is 0 Å².